The van der Waals surface area contributed by atoms with Crippen molar-refractivity contribution >= 4 is 11.5 Å². The summed E-state index contributed by atoms with van der Waals surface area (Å²) in [5, 5.41) is 0. The summed E-state index contributed by atoms with van der Waals surface area (Å²) in [6.07, 6.45) is 4.47. The third-order valence-electron chi connectivity index (χ3n) is 2.85. The number of carbonyl (C=O) groups excluding carboxylic acids is 1. The van der Waals surface area contributed by atoms with Crippen LogP contribution in [-0.2, 0) is 9.53 Å². The van der Waals surface area contributed by atoms with E-state index in [1.807, 2.05) is 24.3 Å². The molecule has 0 radical (unpaired) electrons. The Morgan fingerprint density at radius 1 is 1.28 bits per heavy atom. The molecule has 0 N–H and O–H groups in total. The normalized spacial score (nSPS) is 20.9. The molecule has 1 heterocycles. The number of hydrogen-bond donors (Lipinski definition) is 0. The lowest BCUT2D eigenvalue weighted by atomic mass is 10.1. The third-order valence-corrected chi connectivity index (χ3v) is 2.85. The van der Waals surface area contributed by atoms with Crippen LogP contribution in [0.4, 0.5) is 0 Å². The number of allylic oxidation sites excluding steroid dienone is 4. The van der Waals surface area contributed by atoms with Gasteiger partial charge in [-0.05, 0) is 36.4 Å². The fourth-order valence-corrected chi connectivity index (χ4v) is 1.90. The predicted octanol–water partition coefficient (Wildman–Crippen LogP) is 2.19. The Balaban J connectivity index is 1.89. The maximum absolute atomic E-state index is 11.6. The van der Waals surface area contributed by atoms with Crippen LogP contribution < -0.4 is 4.74 Å². The lowest BCUT2D eigenvalue weighted by Crippen LogP contribution is -2.13. The van der Waals surface area contributed by atoms with Crippen LogP contribution in [0.2, 0.25) is 0 Å². The summed E-state index contributed by atoms with van der Waals surface area (Å²) in [4.78, 5) is 15.9. The smallest absolute Gasteiger partial charge is 0.216 e. The van der Waals surface area contributed by atoms with Crippen molar-refractivity contribution < 1.29 is 14.3 Å². The SMILES string of the molecule is COc1ccc(C2N=C3C(=O)C=CC=C3O2)cc1. The van der Waals surface area contributed by atoms with Gasteiger partial charge in [-0.25, -0.2) is 4.99 Å². The molecule has 4 heteroatoms. The number of nitrogens with zero attached hydrogens (tertiary/aromatic N) is 1. The highest BCUT2D eigenvalue weighted by atomic mass is 16.5. The van der Waals surface area contributed by atoms with Crippen molar-refractivity contribution in [3.63, 3.8) is 0 Å². The Morgan fingerprint density at radius 3 is 2.72 bits per heavy atom. The van der Waals surface area contributed by atoms with Crippen molar-refractivity contribution in [2.75, 3.05) is 7.11 Å². The van der Waals surface area contributed by atoms with Gasteiger partial charge in [0.25, 0.3) is 0 Å². The molecule has 1 atom stereocenters. The Kier molecular flexibility index (Phi) is 2.48. The second-order valence-corrected chi connectivity index (χ2v) is 3.98. The van der Waals surface area contributed by atoms with Gasteiger partial charge in [0.15, 0.2) is 11.5 Å². The van der Waals surface area contributed by atoms with E-state index in [9.17, 15) is 4.79 Å². The molecule has 4 nitrogen and oxygen atoms in total. The molecule has 1 unspecified atom stereocenters. The number of aliphatic imine (C=N–C) groups is 1. The van der Waals surface area contributed by atoms with Gasteiger partial charge in [0.2, 0.25) is 12.0 Å². The number of fused-ring (bicyclic) bond motifs is 1. The van der Waals surface area contributed by atoms with Crippen LogP contribution in [0.15, 0.2) is 53.2 Å². The highest BCUT2D eigenvalue weighted by molar-refractivity contribution is 6.50. The Bertz CT molecular complexity index is 582. The van der Waals surface area contributed by atoms with Crippen molar-refractivity contribution in [2.24, 2.45) is 4.99 Å². The zero-order chi connectivity index (χ0) is 12.5. The van der Waals surface area contributed by atoms with Gasteiger partial charge in [-0.3, -0.25) is 4.79 Å². The van der Waals surface area contributed by atoms with E-state index in [2.05, 4.69) is 4.99 Å². The van der Waals surface area contributed by atoms with E-state index in [1.165, 1.54) is 6.08 Å². The quantitative estimate of drug-likeness (QED) is 0.746. The topological polar surface area (TPSA) is 47.9 Å². The van der Waals surface area contributed by atoms with Gasteiger partial charge in [-0.1, -0.05) is 6.08 Å². The molecular formula is C14H11NO3. The molecule has 1 aliphatic carbocycles. The predicted molar refractivity (Wildman–Crippen MR) is 66.5 cm³/mol. The van der Waals surface area contributed by atoms with Crippen LogP contribution in [0.1, 0.15) is 11.8 Å². The number of hydrogen-bond acceptors (Lipinski definition) is 4. The molecular weight excluding hydrogens is 230 g/mol. The van der Waals surface area contributed by atoms with Gasteiger partial charge in [0, 0.05) is 5.56 Å². The summed E-state index contributed by atoms with van der Waals surface area (Å²) in [7, 11) is 1.62. The zero-order valence-corrected chi connectivity index (χ0v) is 9.79. The highest BCUT2D eigenvalue weighted by Crippen LogP contribution is 2.31. The number of ether oxygens (including phenoxy) is 2. The van der Waals surface area contributed by atoms with Crippen molar-refractivity contribution in [1.82, 2.24) is 0 Å². The number of benzene rings is 1. The highest BCUT2D eigenvalue weighted by Gasteiger charge is 2.29. The molecule has 1 aromatic rings. The van der Waals surface area contributed by atoms with Gasteiger partial charge in [-0.15, -0.1) is 0 Å². The van der Waals surface area contributed by atoms with Crippen molar-refractivity contribution in [3.8, 4) is 5.75 Å². The first-order valence-electron chi connectivity index (χ1n) is 5.59. The van der Waals surface area contributed by atoms with Crippen LogP contribution in [0.5, 0.6) is 5.75 Å². The van der Waals surface area contributed by atoms with E-state index in [4.69, 9.17) is 9.47 Å². The van der Waals surface area contributed by atoms with Crippen LogP contribution in [0.25, 0.3) is 0 Å². The molecule has 0 spiro atoms. The third kappa shape index (κ3) is 1.72. The molecule has 0 aromatic heterocycles. The maximum Gasteiger partial charge on any atom is 0.216 e. The van der Waals surface area contributed by atoms with Crippen molar-refractivity contribution in [1.29, 1.82) is 0 Å². The minimum absolute atomic E-state index is 0.108. The Morgan fingerprint density at radius 2 is 2.06 bits per heavy atom. The maximum atomic E-state index is 11.6. The lowest BCUT2D eigenvalue weighted by Gasteiger charge is -2.10. The van der Waals surface area contributed by atoms with E-state index in [1.54, 1.807) is 19.3 Å². The molecule has 0 saturated heterocycles. The molecule has 3 rings (SSSR count). The summed E-state index contributed by atoms with van der Waals surface area (Å²) in [5.74, 6) is 1.21. The number of ketones is 1. The molecule has 90 valence electrons. The molecule has 2 aliphatic rings. The molecule has 1 aromatic carbocycles. The first-order chi connectivity index (χ1) is 8.78. The summed E-state index contributed by atoms with van der Waals surface area (Å²) in [6, 6.07) is 7.44. The number of carbonyl (C=O) groups is 1. The average molecular weight is 241 g/mol. The van der Waals surface area contributed by atoms with E-state index < -0.39 is 6.23 Å². The van der Waals surface area contributed by atoms with Gasteiger partial charge < -0.3 is 9.47 Å². The second kappa shape index (κ2) is 4.14. The van der Waals surface area contributed by atoms with Crippen molar-refractivity contribution in [3.05, 3.63) is 53.8 Å². The summed E-state index contributed by atoms with van der Waals surface area (Å²) < 4.78 is 10.7. The van der Waals surface area contributed by atoms with Gasteiger partial charge in [0.1, 0.15) is 5.75 Å². The van der Waals surface area contributed by atoms with E-state index >= 15 is 0 Å². The van der Waals surface area contributed by atoms with Gasteiger partial charge in [-0.2, -0.15) is 0 Å². The summed E-state index contributed by atoms with van der Waals surface area (Å²) in [5.41, 5.74) is 1.30. The number of rotatable bonds is 2. The van der Waals surface area contributed by atoms with Crippen LogP contribution in [0, 0.1) is 0 Å². The molecule has 0 fully saturated rings. The minimum atomic E-state index is -0.444. The van der Waals surface area contributed by atoms with E-state index in [0.717, 1.165) is 11.3 Å². The first-order valence-corrected chi connectivity index (χ1v) is 5.59. The molecule has 1 aliphatic heterocycles. The van der Waals surface area contributed by atoms with E-state index in [0.29, 0.717) is 11.5 Å². The van der Waals surface area contributed by atoms with Crippen LogP contribution >= 0.6 is 0 Å². The monoisotopic (exact) mass is 241 g/mol. The van der Waals surface area contributed by atoms with Crippen LogP contribution in [-0.4, -0.2) is 18.6 Å². The molecule has 0 bridgehead atoms. The standard InChI is InChI=1S/C14H11NO3/c1-17-10-7-5-9(6-8-10)14-15-13-11(16)3-2-4-12(13)18-14/h2-8,14H,1H3. The largest absolute Gasteiger partial charge is 0.497 e. The van der Waals surface area contributed by atoms with Gasteiger partial charge >= 0.3 is 0 Å². The Hall–Kier alpha value is -2.36. The number of methoxy groups -OCH3 is 1. The summed E-state index contributed by atoms with van der Waals surface area (Å²) >= 11 is 0. The molecule has 0 saturated carbocycles. The lowest BCUT2D eigenvalue weighted by molar-refractivity contribution is -0.108. The fourth-order valence-electron chi connectivity index (χ4n) is 1.90. The zero-order valence-electron chi connectivity index (χ0n) is 9.79. The minimum Gasteiger partial charge on any atom is -0.497 e. The average Bonchev–Trinajstić information content (AvgIpc) is 2.84. The Labute approximate surface area is 104 Å². The molecule has 18 heavy (non-hydrogen) atoms. The first kappa shape index (κ1) is 10.8. The van der Waals surface area contributed by atoms with Crippen molar-refractivity contribution in [2.45, 2.75) is 6.23 Å². The fraction of sp³-hybridized carbons (Fsp3) is 0.143. The summed E-state index contributed by atoms with van der Waals surface area (Å²) in [6.45, 7) is 0. The van der Waals surface area contributed by atoms with Gasteiger partial charge in [0.05, 0.1) is 7.11 Å². The second-order valence-electron chi connectivity index (χ2n) is 3.98. The van der Waals surface area contributed by atoms with E-state index in [-0.39, 0.29) is 5.78 Å². The molecule has 0 amide bonds. The van der Waals surface area contributed by atoms with Crippen LogP contribution in [0.3, 0.4) is 0 Å².